The van der Waals surface area contributed by atoms with Gasteiger partial charge in [-0.15, -0.1) is 0 Å². The highest BCUT2D eigenvalue weighted by molar-refractivity contribution is 9.10. The molecule has 1 aromatic heterocycles. The lowest BCUT2D eigenvalue weighted by atomic mass is 10.2. The number of nitrogens with zero attached hydrogens (tertiary/aromatic N) is 2. The molecule has 2 nitrogen and oxygen atoms in total. The molecule has 0 aliphatic rings. The Morgan fingerprint density at radius 3 is 2.91 bits per heavy atom. The summed E-state index contributed by atoms with van der Waals surface area (Å²) in [6.45, 7) is 1.79. The summed E-state index contributed by atoms with van der Waals surface area (Å²) < 4.78 is 0.579. The van der Waals surface area contributed by atoms with Gasteiger partial charge >= 0.3 is 0 Å². The van der Waals surface area contributed by atoms with Crippen molar-refractivity contribution in [1.82, 2.24) is 4.98 Å². The third-order valence-corrected chi connectivity index (χ3v) is 2.63. The SMILES string of the molecule is Cc1c(C#N)cnc(Br)c1Cl. The van der Waals surface area contributed by atoms with Gasteiger partial charge in [0.2, 0.25) is 0 Å². The average molecular weight is 231 g/mol. The van der Waals surface area contributed by atoms with Crippen molar-refractivity contribution in [2.24, 2.45) is 0 Å². The maximum Gasteiger partial charge on any atom is 0.125 e. The zero-order chi connectivity index (χ0) is 8.43. The van der Waals surface area contributed by atoms with Crippen LogP contribution < -0.4 is 0 Å². The van der Waals surface area contributed by atoms with Crippen LogP contribution in [0.3, 0.4) is 0 Å². The van der Waals surface area contributed by atoms with Gasteiger partial charge in [0, 0.05) is 6.20 Å². The first kappa shape index (κ1) is 8.51. The van der Waals surface area contributed by atoms with Gasteiger partial charge in [-0.3, -0.25) is 0 Å². The van der Waals surface area contributed by atoms with E-state index in [2.05, 4.69) is 20.9 Å². The van der Waals surface area contributed by atoms with Gasteiger partial charge in [-0.25, -0.2) is 4.98 Å². The van der Waals surface area contributed by atoms with Gasteiger partial charge in [0.05, 0.1) is 10.6 Å². The minimum Gasteiger partial charge on any atom is -0.246 e. The summed E-state index contributed by atoms with van der Waals surface area (Å²) in [5.74, 6) is 0. The van der Waals surface area contributed by atoms with Crippen LogP contribution in [0.25, 0.3) is 0 Å². The molecule has 0 atom stereocenters. The fourth-order valence-corrected chi connectivity index (χ4v) is 1.21. The highest BCUT2D eigenvalue weighted by Crippen LogP contribution is 2.25. The Morgan fingerprint density at radius 2 is 2.36 bits per heavy atom. The fourth-order valence-electron chi connectivity index (χ4n) is 0.660. The van der Waals surface area contributed by atoms with E-state index in [1.807, 2.05) is 6.07 Å². The van der Waals surface area contributed by atoms with Crippen LogP contribution in [0.1, 0.15) is 11.1 Å². The summed E-state index contributed by atoms with van der Waals surface area (Å²) in [4.78, 5) is 3.87. The monoisotopic (exact) mass is 230 g/mol. The normalized spacial score (nSPS) is 9.27. The summed E-state index contributed by atoms with van der Waals surface area (Å²) in [6.07, 6.45) is 1.49. The lowest BCUT2D eigenvalue weighted by Crippen LogP contribution is -1.87. The number of hydrogen-bond acceptors (Lipinski definition) is 2. The minimum atomic E-state index is 0.504. The van der Waals surface area contributed by atoms with Crippen LogP contribution >= 0.6 is 27.5 Å². The minimum absolute atomic E-state index is 0.504. The van der Waals surface area contributed by atoms with E-state index in [9.17, 15) is 0 Å². The largest absolute Gasteiger partial charge is 0.246 e. The number of halogens is 2. The van der Waals surface area contributed by atoms with Crippen LogP contribution in [-0.2, 0) is 0 Å². The molecule has 0 fully saturated rings. The molecule has 1 aromatic rings. The van der Waals surface area contributed by atoms with E-state index in [-0.39, 0.29) is 0 Å². The van der Waals surface area contributed by atoms with E-state index in [0.717, 1.165) is 5.56 Å². The highest BCUT2D eigenvalue weighted by atomic mass is 79.9. The van der Waals surface area contributed by atoms with Crippen LogP contribution in [0, 0.1) is 18.3 Å². The van der Waals surface area contributed by atoms with E-state index in [1.54, 1.807) is 6.92 Å². The zero-order valence-corrected chi connectivity index (χ0v) is 8.07. The van der Waals surface area contributed by atoms with E-state index < -0.39 is 0 Å². The Labute approximate surface area is 77.9 Å². The molecule has 1 heterocycles. The van der Waals surface area contributed by atoms with Crippen molar-refractivity contribution in [2.45, 2.75) is 6.92 Å². The molecule has 0 spiro atoms. The Kier molecular flexibility index (Phi) is 2.48. The number of nitriles is 1. The zero-order valence-electron chi connectivity index (χ0n) is 5.73. The van der Waals surface area contributed by atoms with Gasteiger partial charge in [0.1, 0.15) is 10.7 Å². The van der Waals surface area contributed by atoms with Crippen molar-refractivity contribution >= 4 is 27.5 Å². The molecular weight excluding hydrogens is 227 g/mol. The number of pyridine rings is 1. The van der Waals surface area contributed by atoms with E-state index >= 15 is 0 Å². The molecule has 0 saturated heterocycles. The van der Waals surface area contributed by atoms with Crippen molar-refractivity contribution in [3.63, 3.8) is 0 Å². The van der Waals surface area contributed by atoms with Crippen LogP contribution in [0.2, 0.25) is 5.02 Å². The molecule has 0 aliphatic carbocycles. The van der Waals surface area contributed by atoms with Gasteiger partial charge in [0.25, 0.3) is 0 Å². The number of hydrogen-bond donors (Lipinski definition) is 0. The molecule has 0 aliphatic heterocycles. The van der Waals surface area contributed by atoms with Gasteiger partial charge < -0.3 is 0 Å². The fraction of sp³-hybridized carbons (Fsp3) is 0.143. The van der Waals surface area contributed by atoms with Crippen LogP contribution in [0.15, 0.2) is 10.8 Å². The molecule has 0 N–H and O–H groups in total. The Bertz CT molecular complexity index is 330. The average Bonchev–Trinajstić information content (AvgIpc) is 2.01. The Balaban J connectivity index is 3.40. The maximum atomic E-state index is 8.57. The number of aromatic nitrogens is 1. The summed E-state index contributed by atoms with van der Waals surface area (Å²) in [5.41, 5.74) is 1.27. The lowest BCUT2D eigenvalue weighted by molar-refractivity contribution is 1.22. The van der Waals surface area contributed by atoms with E-state index in [1.165, 1.54) is 6.20 Å². The Hall–Kier alpha value is -0.590. The second-order valence-corrected chi connectivity index (χ2v) is 3.14. The molecule has 0 saturated carbocycles. The van der Waals surface area contributed by atoms with Gasteiger partial charge in [-0.1, -0.05) is 11.6 Å². The first-order valence-corrected chi connectivity index (χ1v) is 4.04. The van der Waals surface area contributed by atoms with Crippen molar-refractivity contribution in [2.75, 3.05) is 0 Å². The smallest absolute Gasteiger partial charge is 0.125 e. The third kappa shape index (κ3) is 1.52. The Morgan fingerprint density at radius 1 is 1.73 bits per heavy atom. The van der Waals surface area contributed by atoms with Gasteiger partial charge in [0.15, 0.2) is 0 Å². The molecule has 56 valence electrons. The molecule has 11 heavy (non-hydrogen) atoms. The quantitative estimate of drug-likeness (QED) is 0.644. The second-order valence-electron chi connectivity index (χ2n) is 2.01. The van der Waals surface area contributed by atoms with Crippen LogP contribution in [0.5, 0.6) is 0 Å². The summed E-state index contributed by atoms with van der Waals surface area (Å²) in [7, 11) is 0. The molecule has 1 rings (SSSR count). The van der Waals surface area contributed by atoms with Crippen LogP contribution in [0.4, 0.5) is 0 Å². The molecule has 0 aromatic carbocycles. The van der Waals surface area contributed by atoms with E-state index in [0.29, 0.717) is 15.2 Å². The van der Waals surface area contributed by atoms with Crippen molar-refractivity contribution < 1.29 is 0 Å². The molecular formula is C7H4BrClN2. The predicted octanol–water partition coefficient (Wildman–Crippen LogP) is 2.68. The molecule has 0 amide bonds. The highest BCUT2D eigenvalue weighted by Gasteiger charge is 2.05. The van der Waals surface area contributed by atoms with Gasteiger partial charge in [-0.05, 0) is 28.4 Å². The van der Waals surface area contributed by atoms with Crippen LogP contribution in [-0.4, -0.2) is 4.98 Å². The van der Waals surface area contributed by atoms with E-state index in [4.69, 9.17) is 16.9 Å². The molecule has 0 unspecified atom stereocenters. The van der Waals surface area contributed by atoms with Crippen molar-refractivity contribution in [3.05, 3.63) is 26.9 Å². The lowest BCUT2D eigenvalue weighted by Gasteiger charge is -1.99. The second kappa shape index (κ2) is 3.21. The predicted molar refractivity (Wildman–Crippen MR) is 46.4 cm³/mol. The molecule has 0 radical (unpaired) electrons. The molecule has 4 heteroatoms. The topological polar surface area (TPSA) is 36.7 Å². The standard InChI is InChI=1S/C7H4BrClN2/c1-4-5(2-10)3-11-7(8)6(4)9/h3H,1H3. The maximum absolute atomic E-state index is 8.57. The summed E-state index contributed by atoms with van der Waals surface area (Å²) in [6, 6.07) is 2.00. The van der Waals surface area contributed by atoms with Gasteiger partial charge in [-0.2, -0.15) is 5.26 Å². The number of rotatable bonds is 0. The summed E-state index contributed by atoms with van der Waals surface area (Å²) in [5, 5.41) is 9.07. The first-order chi connectivity index (χ1) is 5.16. The molecule has 0 bridgehead atoms. The summed E-state index contributed by atoms with van der Waals surface area (Å²) >= 11 is 8.96. The van der Waals surface area contributed by atoms with Crippen molar-refractivity contribution in [1.29, 1.82) is 5.26 Å². The third-order valence-electron chi connectivity index (χ3n) is 1.34. The van der Waals surface area contributed by atoms with Crippen molar-refractivity contribution in [3.8, 4) is 6.07 Å². The first-order valence-electron chi connectivity index (χ1n) is 2.87.